The summed E-state index contributed by atoms with van der Waals surface area (Å²) in [6, 6.07) is 2.51. The van der Waals surface area contributed by atoms with Crippen molar-refractivity contribution in [2.45, 2.75) is 202 Å². The molecule has 46 heavy (non-hydrogen) atoms. The molecule has 8 nitrogen and oxygen atoms in total. The van der Waals surface area contributed by atoms with Crippen LogP contribution in [-0.4, -0.2) is 102 Å². The van der Waals surface area contributed by atoms with Crippen molar-refractivity contribution in [2.75, 3.05) is 26.3 Å². The Bertz CT molecular complexity index is 816. The number of carbonyl (C=O) groups excluding carboxylic acids is 2. The normalized spacial score (nSPS) is 22.3. The first kappa shape index (κ1) is 43.0. The summed E-state index contributed by atoms with van der Waals surface area (Å²) in [4.78, 5) is 29.0. The monoisotopic (exact) mass is 654 g/mol. The molecule has 0 spiro atoms. The summed E-state index contributed by atoms with van der Waals surface area (Å²) in [5, 5.41) is 3.65. The van der Waals surface area contributed by atoms with Gasteiger partial charge in [-0.1, -0.05) is 53.4 Å². The number of rotatable bonds is 21. The molecule has 0 aromatic heterocycles. The molecule has 2 aliphatic rings. The smallest absolute Gasteiger partial charge is 0.222 e. The standard InChI is InChI=1S/C24H45NO4.C14H30N2O/c1-18(2)23(26)13-11-9-7-8-10-12-14-24(27)25-16-22(29-20(5)6)15-21(25)17-28-19(3)4;1-10(2)15-13-7-14(9-17-12(5)6)16(8-13)11(3)4/h18-22H,7-17H2,1-6H3;10-15H,7-9H2,1-6H3/t21-,22+;13-,14+/m01/s1. The molecule has 0 unspecified atom stereocenters. The van der Waals surface area contributed by atoms with Crippen LogP contribution in [0.5, 0.6) is 0 Å². The fourth-order valence-corrected chi connectivity index (χ4v) is 6.47. The molecule has 2 rings (SSSR count). The Morgan fingerprint density at radius 2 is 1.22 bits per heavy atom. The van der Waals surface area contributed by atoms with Gasteiger partial charge < -0.3 is 24.4 Å². The van der Waals surface area contributed by atoms with E-state index < -0.39 is 0 Å². The number of Topliss-reactive ketones (excluding diaryl/α,β-unsaturated/α-hetero) is 1. The molecule has 2 fully saturated rings. The van der Waals surface area contributed by atoms with Gasteiger partial charge in [0, 0.05) is 56.0 Å². The third kappa shape index (κ3) is 18.5. The highest BCUT2D eigenvalue weighted by atomic mass is 16.5. The number of ether oxygens (including phenoxy) is 3. The molecule has 0 aromatic carbocycles. The minimum Gasteiger partial charge on any atom is -0.377 e. The molecule has 0 bridgehead atoms. The average molecular weight is 654 g/mol. The van der Waals surface area contributed by atoms with E-state index in [1.165, 1.54) is 6.42 Å². The lowest BCUT2D eigenvalue weighted by Crippen LogP contribution is -2.40. The van der Waals surface area contributed by atoms with E-state index in [0.29, 0.717) is 62.0 Å². The van der Waals surface area contributed by atoms with E-state index in [1.54, 1.807) is 0 Å². The van der Waals surface area contributed by atoms with Gasteiger partial charge in [-0.3, -0.25) is 14.5 Å². The van der Waals surface area contributed by atoms with Gasteiger partial charge >= 0.3 is 0 Å². The minimum atomic E-state index is 0.119. The topological polar surface area (TPSA) is 80.3 Å². The van der Waals surface area contributed by atoms with Crippen molar-refractivity contribution in [2.24, 2.45) is 5.92 Å². The Morgan fingerprint density at radius 3 is 1.72 bits per heavy atom. The highest BCUT2D eigenvalue weighted by molar-refractivity contribution is 5.80. The summed E-state index contributed by atoms with van der Waals surface area (Å²) < 4.78 is 17.6. The number of carbonyl (C=O) groups is 2. The molecule has 272 valence electrons. The number of unbranched alkanes of at least 4 members (excludes halogenated alkanes) is 5. The van der Waals surface area contributed by atoms with Gasteiger partial charge in [0.05, 0.1) is 43.7 Å². The predicted molar refractivity (Wildman–Crippen MR) is 191 cm³/mol. The highest BCUT2D eigenvalue weighted by Crippen LogP contribution is 2.24. The number of hydrogen-bond donors (Lipinski definition) is 1. The third-order valence-corrected chi connectivity index (χ3v) is 8.80. The van der Waals surface area contributed by atoms with Crippen molar-refractivity contribution in [1.82, 2.24) is 15.1 Å². The Labute approximate surface area is 284 Å². The summed E-state index contributed by atoms with van der Waals surface area (Å²) in [7, 11) is 0. The number of nitrogens with one attached hydrogen (secondary N) is 1. The number of likely N-dealkylation sites (tertiary alicyclic amines) is 2. The van der Waals surface area contributed by atoms with Crippen LogP contribution in [0.4, 0.5) is 0 Å². The third-order valence-electron chi connectivity index (χ3n) is 8.80. The van der Waals surface area contributed by atoms with Crippen molar-refractivity contribution in [3.8, 4) is 0 Å². The molecule has 0 aromatic rings. The molecular formula is C38H75N3O5. The van der Waals surface area contributed by atoms with Crippen LogP contribution in [0.25, 0.3) is 0 Å². The lowest BCUT2D eigenvalue weighted by atomic mass is 10.0. The van der Waals surface area contributed by atoms with Crippen molar-refractivity contribution in [3.63, 3.8) is 0 Å². The fraction of sp³-hybridized carbons (Fsp3) is 0.947. The zero-order chi connectivity index (χ0) is 34.8. The van der Waals surface area contributed by atoms with Gasteiger partial charge in [-0.15, -0.1) is 0 Å². The van der Waals surface area contributed by atoms with Crippen LogP contribution in [-0.2, 0) is 23.8 Å². The Balaban J connectivity index is 0.000000527. The maximum atomic E-state index is 12.8. The van der Waals surface area contributed by atoms with Crippen LogP contribution in [0.2, 0.25) is 0 Å². The maximum absolute atomic E-state index is 12.8. The van der Waals surface area contributed by atoms with Gasteiger partial charge in [0.2, 0.25) is 5.91 Å². The summed E-state index contributed by atoms with van der Waals surface area (Å²) in [5.74, 6) is 0.767. The van der Waals surface area contributed by atoms with E-state index in [4.69, 9.17) is 14.2 Å². The Hall–Kier alpha value is -1.06. The summed E-state index contributed by atoms with van der Waals surface area (Å²) in [5.41, 5.74) is 0. The van der Waals surface area contributed by atoms with E-state index in [1.807, 2.05) is 46.4 Å². The highest BCUT2D eigenvalue weighted by Gasteiger charge is 2.36. The molecular weight excluding hydrogens is 578 g/mol. The van der Waals surface area contributed by atoms with Crippen LogP contribution in [0.1, 0.15) is 147 Å². The first-order valence-corrected chi connectivity index (χ1v) is 18.8. The van der Waals surface area contributed by atoms with Crippen LogP contribution in [0.15, 0.2) is 0 Å². The Kier molecular flexibility index (Phi) is 21.8. The van der Waals surface area contributed by atoms with E-state index in [-0.39, 0.29) is 36.2 Å². The zero-order valence-electron chi connectivity index (χ0n) is 32.1. The van der Waals surface area contributed by atoms with Crippen LogP contribution >= 0.6 is 0 Å². The van der Waals surface area contributed by atoms with Gasteiger partial charge in [0.25, 0.3) is 0 Å². The molecule has 8 heteroatoms. The first-order valence-electron chi connectivity index (χ1n) is 18.8. The van der Waals surface area contributed by atoms with Crippen LogP contribution in [0.3, 0.4) is 0 Å². The lowest BCUT2D eigenvalue weighted by Gasteiger charge is -2.28. The first-order chi connectivity index (χ1) is 21.6. The van der Waals surface area contributed by atoms with E-state index >= 15 is 0 Å². The Morgan fingerprint density at radius 1 is 0.674 bits per heavy atom. The van der Waals surface area contributed by atoms with E-state index in [9.17, 15) is 9.59 Å². The molecule has 2 heterocycles. The summed E-state index contributed by atoms with van der Waals surface area (Å²) in [6.45, 7) is 28.6. The average Bonchev–Trinajstić information content (AvgIpc) is 3.55. The van der Waals surface area contributed by atoms with Gasteiger partial charge in [0.15, 0.2) is 0 Å². The zero-order valence-corrected chi connectivity index (χ0v) is 32.1. The largest absolute Gasteiger partial charge is 0.377 e. The SMILES string of the molecule is CC(C)N[C@@H]1C[C@@H](COC(C)C)N(C(C)C)C1.CC(C)OC[C@@H]1C[C@@H](OC(C)C)CN1C(=O)CCCCCCCCC(=O)C(C)C. The minimum absolute atomic E-state index is 0.119. The fourth-order valence-electron chi connectivity index (χ4n) is 6.47. The maximum Gasteiger partial charge on any atom is 0.222 e. The molecule has 1 N–H and O–H groups in total. The van der Waals surface area contributed by atoms with Crippen molar-refractivity contribution < 1.29 is 23.8 Å². The van der Waals surface area contributed by atoms with Gasteiger partial charge in [-0.2, -0.15) is 0 Å². The second kappa shape index (κ2) is 23.3. The van der Waals surface area contributed by atoms with Crippen molar-refractivity contribution >= 4 is 11.7 Å². The van der Waals surface area contributed by atoms with Crippen molar-refractivity contribution in [1.29, 1.82) is 0 Å². The molecule has 0 aliphatic carbocycles. The summed E-state index contributed by atoms with van der Waals surface area (Å²) in [6.07, 6.45) is 10.6. The molecule has 2 saturated heterocycles. The molecule has 2 aliphatic heterocycles. The quantitative estimate of drug-likeness (QED) is 0.129. The van der Waals surface area contributed by atoms with Crippen LogP contribution in [0, 0.1) is 5.92 Å². The molecule has 0 radical (unpaired) electrons. The molecule has 0 saturated carbocycles. The number of hydrogen-bond acceptors (Lipinski definition) is 7. The van der Waals surface area contributed by atoms with Crippen LogP contribution < -0.4 is 5.32 Å². The van der Waals surface area contributed by atoms with E-state index in [2.05, 4.69) is 51.8 Å². The van der Waals surface area contributed by atoms with Gasteiger partial charge in [0.1, 0.15) is 5.78 Å². The lowest BCUT2D eigenvalue weighted by molar-refractivity contribution is -0.134. The van der Waals surface area contributed by atoms with Gasteiger partial charge in [-0.05, 0) is 81.1 Å². The second-order valence-electron chi connectivity index (χ2n) is 15.4. The number of nitrogens with zero attached hydrogens (tertiary/aromatic N) is 2. The van der Waals surface area contributed by atoms with E-state index in [0.717, 1.165) is 58.1 Å². The van der Waals surface area contributed by atoms with Gasteiger partial charge in [-0.25, -0.2) is 0 Å². The van der Waals surface area contributed by atoms with Crippen molar-refractivity contribution in [3.05, 3.63) is 0 Å². The molecule has 1 amide bonds. The molecule has 4 atom stereocenters. The number of amides is 1. The second-order valence-corrected chi connectivity index (χ2v) is 15.4. The number of ketones is 1. The summed E-state index contributed by atoms with van der Waals surface area (Å²) >= 11 is 0. The predicted octanol–water partition coefficient (Wildman–Crippen LogP) is 7.41.